The van der Waals surface area contributed by atoms with Gasteiger partial charge in [0, 0.05) is 34.5 Å². The average Bonchev–Trinajstić information content (AvgIpc) is 3.83. The van der Waals surface area contributed by atoms with Gasteiger partial charge in [-0.15, -0.1) is 0 Å². The number of benzene rings is 2. The molecule has 7 nitrogen and oxygen atoms in total. The Hall–Kier alpha value is -2.55. The van der Waals surface area contributed by atoms with E-state index in [1.807, 2.05) is 19.1 Å². The third kappa shape index (κ3) is 5.45. The predicted octanol–water partition coefficient (Wildman–Crippen LogP) is 6.03. The number of allylic oxidation sites excluding steroid dienone is 1. The van der Waals surface area contributed by atoms with Gasteiger partial charge in [-0.05, 0) is 104 Å². The molecule has 2 fully saturated rings. The Morgan fingerprint density at radius 2 is 1.98 bits per heavy atom. The molecule has 2 saturated carbocycles. The molecule has 2 bridgehead atoms. The van der Waals surface area contributed by atoms with Crippen LogP contribution in [0.2, 0.25) is 5.02 Å². The van der Waals surface area contributed by atoms with E-state index in [1.54, 1.807) is 12.1 Å². The minimum Gasteiger partial charge on any atom is -0.490 e. The lowest BCUT2D eigenvalue weighted by molar-refractivity contribution is 0.0213. The van der Waals surface area contributed by atoms with Crippen LogP contribution in [0.15, 0.2) is 48.6 Å². The third-order valence-electron chi connectivity index (χ3n) is 11.3. The van der Waals surface area contributed by atoms with Crippen LogP contribution in [0.25, 0.3) is 0 Å². The van der Waals surface area contributed by atoms with Gasteiger partial charge in [0.05, 0.1) is 24.2 Å². The van der Waals surface area contributed by atoms with Crippen LogP contribution < -0.4 is 14.4 Å². The summed E-state index contributed by atoms with van der Waals surface area (Å²) < 4.78 is 36.5. The molecule has 5 aliphatic rings. The molecule has 5 atom stereocenters. The van der Waals surface area contributed by atoms with E-state index in [4.69, 9.17) is 16.3 Å². The van der Waals surface area contributed by atoms with Gasteiger partial charge in [-0.1, -0.05) is 49.6 Å². The highest BCUT2D eigenvalue weighted by Crippen LogP contribution is 2.51. The Kier molecular flexibility index (Phi) is 7.78. The Bertz CT molecular complexity index is 1590. The molecule has 2 aromatic carbocycles. The van der Waals surface area contributed by atoms with Crippen molar-refractivity contribution >= 4 is 33.2 Å². The third-order valence-corrected chi connectivity index (χ3v) is 13.5. The van der Waals surface area contributed by atoms with Gasteiger partial charge in [0.2, 0.25) is 10.0 Å². The topological polar surface area (TPSA) is 95.9 Å². The number of halogens is 1. The van der Waals surface area contributed by atoms with Crippen molar-refractivity contribution in [3.8, 4) is 5.75 Å². The van der Waals surface area contributed by atoms with Crippen molar-refractivity contribution in [3.05, 3.63) is 70.3 Å². The number of rotatable bonds is 3. The number of nitrogens with zero attached hydrogens (tertiary/aromatic N) is 1. The molecule has 236 valence electrons. The summed E-state index contributed by atoms with van der Waals surface area (Å²) in [5.74, 6) is 0.535. The average molecular weight is 639 g/mol. The Morgan fingerprint density at radius 3 is 2.73 bits per heavy atom. The number of carbonyl (C=O) groups excluding carboxylic acids is 1. The van der Waals surface area contributed by atoms with Gasteiger partial charge in [0.1, 0.15) is 5.75 Å². The number of anilines is 1. The Morgan fingerprint density at radius 1 is 1.14 bits per heavy atom. The summed E-state index contributed by atoms with van der Waals surface area (Å²) in [4.78, 5) is 15.9. The number of aryl methyl sites for hydroxylation is 1. The molecule has 2 aliphatic heterocycles. The molecular formula is C35H43ClN2O5S. The lowest BCUT2D eigenvalue weighted by Gasteiger charge is -2.50. The number of ether oxygens (including phenoxy) is 1. The van der Waals surface area contributed by atoms with E-state index in [0.29, 0.717) is 49.8 Å². The summed E-state index contributed by atoms with van der Waals surface area (Å²) in [7, 11) is -3.92. The maximum atomic E-state index is 13.7. The van der Waals surface area contributed by atoms with Crippen molar-refractivity contribution in [2.24, 2.45) is 23.2 Å². The Balaban J connectivity index is 1.31. The fraction of sp³-hybridized carbons (Fsp3) is 0.571. The van der Waals surface area contributed by atoms with Crippen LogP contribution in [-0.4, -0.2) is 51.0 Å². The van der Waals surface area contributed by atoms with E-state index in [9.17, 15) is 18.3 Å². The SMILES string of the molecule is C[C@H]1C/C=C\[C@]2(CO)CC[C@H]2CN2C[C@@]3(CCCc4cc(Cl)ccc43)COc3ccc(cc32)C(=O)NS(=O)(=O)[C@H]1CC1CC1. The predicted molar refractivity (Wildman–Crippen MR) is 173 cm³/mol. The zero-order chi connectivity index (χ0) is 30.7. The van der Waals surface area contributed by atoms with E-state index < -0.39 is 21.2 Å². The van der Waals surface area contributed by atoms with Crippen molar-refractivity contribution in [1.29, 1.82) is 0 Å². The van der Waals surface area contributed by atoms with Gasteiger partial charge in [0.15, 0.2) is 0 Å². The lowest BCUT2D eigenvalue weighted by atomic mass is 9.59. The number of sulfonamides is 1. The zero-order valence-electron chi connectivity index (χ0n) is 25.4. The fourth-order valence-electron chi connectivity index (χ4n) is 8.27. The maximum Gasteiger partial charge on any atom is 0.264 e. The van der Waals surface area contributed by atoms with Crippen molar-refractivity contribution in [2.45, 2.75) is 75.4 Å². The molecule has 0 saturated heterocycles. The fourth-order valence-corrected chi connectivity index (χ4v) is 10.2. The summed E-state index contributed by atoms with van der Waals surface area (Å²) in [6.07, 6.45) is 12.3. The highest BCUT2D eigenvalue weighted by Gasteiger charge is 2.48. The van der Waals surface area contributed by atoms with Crippen molar-refractivity contribution in [1.82, 2.24) is 4.72 Å². The number of carbonyl (C=O) groups is 1. The second kappa shape index (κ2) is 11.4. The minimum absolute atomic E-state index is 0.0517. The largest absolute Gasteiger partial charge is 0.490 e. The lowest BCUT2D eigenvalue weighted by Crippen LogP contribution is -2.51. The van der Waals surface area contributed by atoms with Gasteiger partial charge in [-0.3, -0.25) is 4.79 Å². The van der Waals surface area contributed by atoms with Gasteiger partial charge in [-0.2, -0.15) is 0 Å². The van der Waals surface area contributed by atoms with Crippen LogP contribution in [0, 0.1) is 23.2 Å². The van der Waals surface area contributed by atoms with E-state index >= 15 is 0 Å². The monoisotopic (exact) mass is 638 g/mol. The minimum atomic E-state index is -3.92. The summed E-state index contributed by atoms with van der Waals surface area (Å²) in [6, 6.07) is 11.5. The van der Waals surface area contributed by atoms with E-state index in [1.165, 1.54) is 11.1 Å². The summed E-state index contributed by atoms with van der Waals surface area (Å²) in [5.41, 5.74) is 3.01. The number of aliphatic hydroxyl groups is 1. The number of aliphatic hydroxyl groups excluding tert-OH is 1. The summed E-state index contributed by atoms with van der Waals surface area (Å²) >= 11 is 6.41. The molecule has 0 aromatic heterocycles. The number of amides is 1. The molecule has 0 radical (unpaired) electrons. The van der Waals surface area contributed by atoms with Crippen LogP contribution in [0.1, 0.15) is 79.8 Å². The highest BCUT2D eigenvalue weighted by molar-refractivity contribution is 7.90. The molecule has 2 heterocycles. The highest BCUT2D eigenvalue weighted by atomic mass is 35.5. The molecule has 2 aromatic rings. The number of hydrogen-bond donors (Lipinski definition) is 2. The summed E-state index contributed by atoms with van der Waals surface area (Å²) in [6.45, 7) is 3.92. The van der Waals surface area contributed by atoms with Gasteiger partial charge in [0.25, 0.3) is 5.91 Å². The molecular weight excluding hydrogens is 596 g/mol. The molecule has 1 amide bonds. The summed E-state index contributed by atoms with van der Waals surface area (Å²) in [5, 5.41) is 10.8. The molecule has 9 heteroatoms. The quantitative estimate of drug-likeness (QED) is 0.399. The van der Waals surface area contributed by atoms with Crippen LogP contribution in [-0.2, 0) is 21.9 Å². The Labute approximate surface area is 266 Å². The molecule has 2 N–H and O–H groups in total. The van der Waals surface area contributed by atoms with Crippen LogP contribution in [0.3, 0.4) is 0 Å². The van der Waals surface area contributed by atoms with Gasteiger partial charge in [-0.25, -0.2) is 13.1 Å². The number of nitrogens with one attached hydrogen (secondary N) is 1. The normalized spacial score (nSPS) is 33.8. The molecule has 3 aliphatic carbocycles. The van der Waals surface area contributed by atoms with Crippen molar-refractivity contribution in [3.63, 3.8) is 0 Å². The van der Waals surface area contributed by atoms with Crippen molar-refractivity contribution < 1.29 is 23.1 Å². The maximum absolute atomic E-state index is 13.7. The first-order chi connectivity index (χ1) is 21.1. The molecule has 0 unspecified atom stereocenters. The van der Waals surface area contributed by atoms with E-state index in [2.05, 4.69) is 33.9 Å². The first-order valence-corrected chi connectivity index (χ1v) is 18.2. The second-order valence-electron chi connectivity index (χ2n) is 14.2. The van der Waals surface area contributed by atoms with Gasteiger partial charge < -0.3 is 14.7 Å². The van der Waals surface area contributed by atoms with Crippen molar-refractivity contribution in [2.75, 3.05) is 31.2 Å². The van der Waals surface area contributed by atoms with Crippen LogP contribution in [0.5, 0.6) is 5.75 Å². The van der Waals surface area contributed by atoms with E-state index in [0.717, 1.165) is 55.7 Å². The second-order valence-corrected chi connectivity index (χ2v) is 16.6. The molecule has 1 spiro atoms. The molecule has 44 heavy (non-hydrogen) atoms. The smallest absolute Gasteiger partial charge is 0.264 e. The number of fused-ring (bicyclic) bond motifs is 4. The van der Waals surface area contributed by atoms with Gasteiger partial charge >= 0.3 is 0 Å². The number of hydrogen-bond acceptors (Lipinski definition) is 6. The van der Waals surface area contributed by atoms with E-state index in [-0.39, 0.29) is 29.3 Å². The molecule has 7 rings (SSSR count). The first kappa shape index (κ1) is 30.1. The zero-order valence-corrected chi connectivity index (χ0v) is 27.0. The van der Waals surface area contributed by atoms with Crippen LogP contribution >= 0.6 is 11.6 Å². The standard InChI is InChI=1S/C35H43ClN2O5S/c1-23-4-2-13-34(21-39)15-12-27(34)19-38-20-35(14-3-5-25-17-28(36)9-10-29(25)35)22-43-31-11-8-26(18-30(31)38)33(40)37-44(41,42)32(23)16-24-6-7-24/h2,8-11,13,17-18,23-24,27,32,39H,3-7,12,14-16,19-22H2,1H3,(H,37,40)/b13-2-/t23-,27-,32-,34+,35-/m0/s1. The first-order valence-electron chi connectivity index (χ1n) is 16.3. The van der Waals surface area contributed by atoms with Crippen LogP contribution in [0.4, 0.5) is 5.69 Å².